The van der Waals surface area contributed by atoms with Crippen LogP contribution >= 0.6 is 0 Å². The number of rotatable bonds is 6. The molecule has 0 aromatic heterocycles. The molecule has 0 aromatic carbocycles. The van der Waals surface area contributed by atoms with Gasteiger partial charge in [0.2, 0.25) is 0 Å². The van der Waals surface area contributed by atoms with Crippen LogP contribution in [0.2, 0.25) is 0 Å². The van der Waals surface area contributed by atoms with Crippen LogP contribution in [0.5, 0.6) is 0 Å². The van der Waals surface area contributed by atoms with Gasteiger partial charge >= 0.3 is 12.0 Å². The largest absolute Gasteiger partial charge is 0.480 e. The first-order valence-corrected chi connectivity index (χ1v) is 6.67. The Morgan fingerprint density at radius 2 is 2.00 bits per heavy atom. The molecule has 0 saturated carbocycles. The first kappa shape index (κ1) is 15.7. The van der Waals surface area contributed by atoms with E-state index in [-0.39, 0.29) is 13.0 Å². The monoisotopic (exact) mass is 273 g/mol. The van der Waals surface area contributed by atoms with Crippen LogP contribution < -0.4 is 5.32 Å². The number of carbonyl (C=O) groups is 2. The average Bonchev–Trinajstić information content (AvgIpc) is 2.77. The fourth-order valence-electron chi connectivity index (χ4n) is 2.23. The Balaban J connectivity index is 2.42. The van der Waals surface area contributed by atoms with Crippen molar-refractivity contribution in [1.29, 1.82) is 0 Å². The Bertz CT molecular complexity index is 320. The molecule has 7 heteroatoms. The Morgan fingerprint density at radius 3 is 2.53 bits per heavy atom. The number of carbonyl (C=O) groups excluding carboxylic acids is 1. The van der Waals surface area contributed by atoms with Crippen LogP contribution in [0.3, 0.4) is 0 Å². The van der Waals surface area contributed by atoms with Crippen LogP contribution in [0.1, 0.15) is 20.3 Å². The average molecular weight is 273 g/mol. The quantitative estimate of drug-likeness (QED) is 0.610. The normalized spacial score (nSPS) is 22.8. The van der Waals surface area contributed by atoms with Crippen LogP contribution in [0.15, 0.2) is 0 Å². The van der Waals surface area contributed by atoms with Gasteiger partial charge in [-0.05, 0) is 13.1 Å². The van der Waals surface area contributed by atoms with Gasteiger partial charge in [-0.15, -0.1) is 0 Å². The molecule has 1 rings (SSSR count). The zero-order valence-electron chi connectivity index (χ0n) is 11.5. The Hall–Kier alpha value is -1.34. The van der Waals surface area contributed by atoms with E-state index < -0.39 is 24.1 Å². The first-order chi connectivity index (χ1) is 8.99. The molecule has 0 bridgehead atoms. The lowest BCUT2D eigenvalue weighted by molar-refractivity contribution is -0.141. The van der Waals surface area contributed by atoms with Gasteiger partial charge in [-0.1, -0.05) is 13.8 Å². The summed E-state index contributed by atoms with van der Waals surface area (Å²) in [6, 6.07) is -1.35. The highest BCUT2D eigenvalue weighted by molar-refractivity contribution is 5.83. The number of carboxylic acid groups (broad SMARTS) is 1. The van der Waals surface area contributed by atoms with Gasteiger partial charge in [0.05, 0.1) is 6.10 Å². The molecule has 19 heavy (non-hydrogen) atoms. The van der Waals surface area contributed by atoms with Crippen molar-refractivity contribution < 1.29 is 19.8 Å². The number of hydrogen-bond donors (Lipinski definition) is 3. The van der Waals surface area contributed by atoms with Gasteiger partial charge in [-0.2, -0.15) is 0 Å². The summed E-state index contributed by atoms with van der Waals surface area (Å²) < 4.78 is 0. The Morgan fingerprint density at radius 1 is 1.37 bits per heavy atom. The number of likely N-dealkylation sites (tertiary alicyclic amines) is 1. The second kappa shape index (κ2) is 7.30. The Kier molecular flexibility index (Phi) is 6.04. The van der Waals surface area contributed by atoms with E-state index in [0.29, 0.717) is 6.54 Å². The molecule has 7 nitrogen and oxygen atoms in total. The van der Waals surface area contributed by atoms with Crippen LogP contribution in [0, 0.1) is 0 Å². The molecule has 1 heterocycles. The van der Waals surface area contributed by atoms with Gasteiger partial charge in [0.1, 0.15) is 6.04 Å². The summed E-state index contributed by atoms with van der Waals surface area (Å²) in [6.45, 7) is 7.19. The van der Waals surface area contributed by atoms with Crippen LogP contribution in [-0.2, 0) is 4.79 Å². The van der Waals surface area contributed by atoms with E-state index in [0.717, 1.165) is 19.6 Å². The molecule has 1 unspecified atom stereocenters. The molecule has 1 aliphatic heterocycles. The van der Waals surface area contributed by atoms with E-state index in [1.165, 1.54) is 4.90 Å². The van der Waals surface area contributed by atoms with Gasteiger partial charge in [0, 0.05) is 26.1 Å². The number of hydrogen-bond acceptors (Lipinski definition) is 4. The minimum absolute atomic E-state index is 0.0775. The lowest BCUT2D eigenvalue weighted by Gasteiger charge is -2.23. The van der Waals surface area contributed by atoms with Crippen molar-refractivity contribution in [1.82, 2.24) is 15.1 Å². The zero-order valence-corrected chi connectivity index (χ0v) is 11.5. The lowest BCUT2D eigenvalue weighted by Crippen LogP contribution is -2.47. The van der Waals surface area contributed by atoms with Crippen molar-refractivity contribution in [3.05, 3.63) is 0 Å². The number of aliphatic carboxylic acids is 1. The van der Waals surface area contributed by atoms with E-state index in [1.54, 1.807) is 0 Å². The highest BCUT2D eigenvalue weighted by Gasteiger charge is 2.38. The summed E-state index contributed by atoms with van der Waals surface area (Å²) in [7, 11) is 0. The third-order valence-electron chi connectivity index (χ3n) is 3.42. The SMILES string of the molecule is CCN(CC)CCNC(=O)N1CC(O)C[C@H]1C(=O)O. The summed E-state index contributed by atoms with van der Waals surface area (Å²) in [5.41, 5.74) is 0. The van der Waals surface area contributed by atoms with Crippen molar-refractivity contribution in [3.8, 4) is 0 Å². The number of amides is 2. The van der Waals surface area contributed by atoms with Gasteiger partial charge in [-0.25, -0.2) is 9.59 Å². The number of carboxylic acids is 1. The van der Waals surface area contributed by atoms with Crippen molar-refractivity contribution in [2.45, 2.75) is 32.4 Å². The van der Waals surface area contributed by atoms with Crippen molar-refractivity contribution in [3.63, 3.8) is 0 Å². The molecule has 2 atom stereocenters. The summed E-state index contributed by atoms with van der Waals surface area (Å²) in [5.74, 6) is -1.07. The standard InChI is InChI=1S/C12H23N3O4/c1-3-14(4-2)6-5-13-12(19)15-8-9(16)7-10(15)11(17)18/h9-10,16H,3-8H2,1-2H3,(H,13,19)(H,17,18)/t9?,10-/m0/s1. The second-order valence-corrected chi connectivity index (χ2v) is 4.65. The van der Waals surface area contributed by atoms with E-state index in [4.69, 9.17) is 5.11 Å². The molecule has 0 spiro atoms. The summed E-state index contributed by atoms with van der Waals surface area (Å²) in [6.07, 6.45) is -0.659. The molecule has 1 fully saturated rings. The predicted octanol–water partition coefficient (Wildman–Crippen LogP) is -0.442. The maximum atomic E-state index is 11.9. The molecule has 1 aliphatic rings. The van der Waals surface area contributed by atoms with E-state index in [1.807, 2.05) is 13.8 Å². The second-order valence-electron chi connectivity index (χ2n) is 4.65. The fraction of sp³-hybridized carbons (Fsp3) is 0.833. The number of likely N-dealkylation sites (N-methyl/N-ethyl adjacent to an activating group) is 1. The number of β-amino-alcohol motifs (C(OH)–C–C–N with tert-alkyl or cyclic N) is 1. The maximum Gasteiger partial charge on any atom is 0.326 e. The van der Waals surface area contributed by atoms with Crippen LogP contribution in [-0.4, -0.2) is 76.9 Å². The van der Waals surface area contributed by atoms with Crippen LogP contribution in [0.25, 0.3) is 0 Å². The molecule has 1 saturated heterocycles. The third kappa shape index (κ3) is 4.36. The molecule has 3 N–H and O–H groups in total. The van der Waals surface area contributed by atoms with Crippen LogP contribution in [0.4, 0.5) is 4.79 Å². The molecule has 0 radical (unpaired) electrons. The van der Waals surface area contributed by atoms with Gasteiger partial charge in [0.25, 0.3) is 0 Å². The van der Waals surface area contributed by atoms with Crippen molar-refractivity contribution in [2.75, 3.05) is 32.7 Å². The molecule has 2 amide bonds. The van der Waals surface area contributed by atoms with Crippen molar-refractivity contribution >= 4 is 12.0 Å². The van der Waals surface area contributed by atoms with Gasteiger partial charge in [0.15, 0.2) is 0 Å². The first-order valence-electron chi connectivity index (χ1n) is 6.67. The minimum Gasteiger partial charge on any atom is -0.480 e. The fourth-order valence-corrected chi connectivity index (χ4v) is 2.23. The highest BCUT2D eigenvalue weighted by Crippen LogP contribution is 2.17. The molecular weight excluding hydrogens is 250 g/mol. The predicted molar refractivity (Wildman–Crippen MR) is 69.9 cm³/mol. The zero-order chi connectivity index (χ0) is 14.4. The van der Waals surface area contributed by atoms with Gasteiger partial charge in [-0.3, -0.25) is 0 Å². The minimum atomic E-state index is -1.07. The molecule has 0 aromatic rings. The topological polar surface area (TPSA) is 93.1 Å². The van der Waals surface area contributed by atoms with Crippen molar-refractivity contribution in [2.24, 2.45) is 0 Å². The summed E-state index contributed by atoms with van der Waals surface area (Å²) in [4.78, 5) is 26.2. The Labute approximate surface area is 113 Å². The van der Waals surface area contributed by atoms with E-state index in [2.05, 4.69) is 10.2 Å². The number of aliphatic hydroxyl groups excluding tert-OH is 1. The maximum absolute atomic E-state index is 11.9. The molecule has 0 aliphatic carbocycles. The smallest absolute Gasteiger partial charge is 0.326 e. The lowest BCUT2D eigenvalue weighted by atomic mass is 10.2. The number of urea groups is 1. The number of nitrogens with one attached hydrogen (secondary N) is 1. The van der Waals surface area contributed by atoms with E-state index >= 15 is 0 Å². The molecule has 110 valence electrons. The van der Waals surface area contributed by atoms with E-state index in [9.17, 15) is 14.7 Å². The molecular formula is C12H23N3O4. The number of nitrogens with zero attached hydrogens (tertiary/aromatic N) is 2. The third-order valence-corrected chi connectivity index (χ3v) is 3.42. The van der Waals surface area contributed by atoms with Gasteiger partial charge < -0.3 is 25.3 Å². The summed E-state index contributed by atoms with van der Waals surface area (Å²) in [5, 5.41) is 21.2. The highest BCUT2D eigenvalue weighted by atomic mass is 16.4. The summed E-state index contributed by atoms with van der Waals surface area (Å²) >= 11 is 0. The number of aliphatic hydroxyl groups is 1.